The molecule has 3 nitrogen and oxygen atoms in total. The first-order chi connectivity index (χ1) is 15.3. The molecular formula is C24H32F6N2O. The van der Waals surface area contributed by atoms with Gasteiger partial charge in [-0.2, -0.15) is 26.3 Å². The van der Waals surface area contributed by atoms with Crippen molar-refractivity contribution in [2.45, 2.75) is 96.2 Å². The molecule has 2 N–H and O–H groups in total. The number of benzene rings is 1. The average molecular weight is 479 g/mol. The largest absolute Gasteiger partial charge is 0.416 e. The molecule has 0 spiro atoms. The maximum atomic E-state index is 13.2. The number of halogens is 6. The molecule has 0 bridgehead atoms. The lowest BCUT2D eigenvalue weighted by Gasteiger charge is -2.33. The van der Waals surface area contributed by atoms with Crippen LogP contribution in [0.5, 0.6) is 0 Å². The number of nitrogens with one attached hydrogen (secondary N) is 2. The lowest BCUT2D eigenvalue weighted by molar-refractivity contribution is -0.143. The van der Waals surface area contributed by atoms with E-state index in [0.717, 1.165) is 19.3 Å². The second kappa shape index (κ2) is 9.84. The molecular weight excluding hydrogens is 446 g/mol. The monoisotopic (exact) mass is 478 g/mol. The van der Waals surface area contributed by atoms with Crippen LogP contribution >= 0.6 is 0 Å². The van der Waals surface area contributed by atoms with E-state index in [4.69, 9.17) is 0 Å². The molecule has 0 radical (unpaired) electrons. The second-order valence-electron chi connectivity index (χ2n) is 9.85. The van der Waals surface area contributed by atoms with E-state index in [2.05, 4.69) is 10.6 Å². The predicted octanol–water partition coefficient (Wildman–Crippen LogP) is 6.46. The molecule has 2 fully saturated rings. The van der Waals surface area contributed by atoms with Gasteiger partial charge in [-0.3, -0.25) is 4.79 Å². The van der Waals surface area contributed by atoms with Crippen LogP contribution in [-0.2, 0) is 23.7 Å². The van der Waals surface area contributed by atoms with Gasteiger partial charge in [-0.25, -0.2) is 0 Å². The van der Waals surface area contributed by atoms with Crippen molar-refractivity contribution in [3.05, 3.63) is 34.9 Å². The highest BCUT2D eigenvalue weighted by molar-refractivity contribution is 5.83. The lowest BCUT2D eigenvalue weighted by Crippen LogP contribution is -2.45. The fraction of sp³-hybridized carbons (Fsp3) is 0.708. The molecule has 2 aliphatic carbocycles. The first kappa shape index (κ1) is 25.8. The Bertz CT molecular complexity index is 797. The van der Waals surface area contributed by atoms with Crippen LogP contribution in [0.1, 0.15) is 81.9 Å². The van der Waals surface area contributed by atoms with Gasteiger partial charge in [0.25, 0.3) is 0 Å². The molecule has 3 rings (SSSR count). The van der Waals surface area contributed by atoms with E-state index in [1.807, 2.05) is 13.8 Å². The van der Waals surface area contributed by atoms with Gasteiger partial charge in [0.2, 0.25) is 5.91 Å². The fourth-order valence-electron chi connectivity index (χ4n) is 5.29. The molecule has 9 heteroatoms. The number of hydrogen-bond donors (Lipinski definition) is 2. The van der Waals surface area contributed by atoms with E-state index in [1.54, 1.807) is 0 Å². The normalized spacial score (nSPS) is 24.9. The summed E-state index contributed by atoms with van der Waals surface area (Å²) in [5.41, 5.74) is -3.67. The van der Waals surface area contributed by atoms with Crippen LogP contribution in [-0.4, -0.2) is 18.0 Å². The van der Waals surface area contributed by atoms with Crippen molar-refractivity contribution in [2.75, 3.05) is 0 Å². The van der Waals surface area contributed by atoms with Gasteiger partial charge in [-0.05, 0) is 61.8 Å². The Morgan fingerprint density at radius 1 is 0.939 bits per heavy atom. The third kappa shape index (κ3) is 6.22. The minimum atomic E-state index is -4.91. The van der Waals surface area contributed by atoms with Gasteiger partial charge >= 0.3 is 12.4 Å². The summed E-state index contributed by atoms with van der Waals surface area (Å²) in [5, 5.41) is 6.32. The van der Waals surface area contributed by atoms with Crippen LogP contribution in [0.4, 0.5) is 26.3 Å². The summed E-state index contributed by atoms with van der Waals surface area (Å²) in [6.45, 7) is 3.49. The zero-order valence-electron chi connectivity index (χ0n) is 19.0. The molecule has 186 valence electrons. The van der Waals surface area contributed by atoms with E-state index in [9.17, 15) is 31.1 Å². The Hall–Kier alpha value is -1.77. The molecule has 2 unspecified atom stereocenters. The van der Waals surface area contributed by atoms with Gasteiger partial charge in [0.15, 0.2) is 0 Å². The first-order valence-corrected chi connectivity index (χ1v) is 11.6. The van der Waals surface area contributed by atoms with E-state index in [0.29, 0.717) is 31.0 Å². The van der Waals surface area contributed by atoms with Crippen molar-refractivity contribution in [2.24, 2.45) is 11.3 Å². The van der Waals surface area contributed by atoms with Gasteiger partial charge in [0, 0.05) is 18.6 Å². The van der Waals surface area contributed by atoms with E-state index in [1.165, 1.54) is 19.3 Å². The number of alkyl halides is 6. The molecule has 33 heavy (non-hydrogen) atoms. The molecule has 1 aromatic carbocycles. The molecule has 0 aromatic heterocycles. The molecule has 0 aliphatic heterocycles. The van der Waals surface area contributed by atoms with Crippen LogP contribution in [0.2, 0.25) is 0 Å². The quantitative estimate of drug-likeness (QED) is 0.461. The van der Waals surface area contributed by atoms with Crippen LogP contribution in [0.15, 0.2) is 18.2 Å². The highest BCUT2D eigenvalue weighted by atomic mass is 19.4. The smallest absolute Gasteiger partial charge is 0.352 e. The summed E-state index contributed by atoms with van der Waals surface area (Å²) in [5.74, 6) is -0.320. The Labute approximate surface area is 190 Å². The van der Waals surface area contributed by atoms with Gasteiger partial charge in [0.1, 0.15) is 0 Å². The third-order valence-electron chi connectivity index (χ3n) is 7.28. The van der Waals surface area contributed by atoms with Crippen molar-refractivity contribution in [3.8, 4) is 0 Å². The lowest BCUT2D eigenvalue weighted by atomic mass is 9.74. The summed E-state index contributed by atoms with van der Waals surface area (Å²) in [4.78, 5) is 13.2. The van der Waals surface area contributed by atoms with Crippen molar-refractivity contribution < 1.29 is 31.1 Å². The number of rotatable bonds is 6. The predicted molar refractivity (Wildman–Crippen MR) is 113 cm³/mol. The standard InChI is InChI=1S/C24H32F6N2O/c1-15(2)22(9-8-20(13-22)32-19-6-4-3-5-7-19)21(33)31-14-16-10-17(23(25,26)27)12-18(11-16)24(28,29)30/h10-12,15,19-20,32H,3-9,13-14H2,1-2H3,(H,31,33). The number of carbonyl (C=O) groups is 1. The van der Waals surface area contributed by atoms with E-state index in [-0.39, 0.29) is 36.0 Å². The summed E-state index contributed by atoms with van der Waals surface area (Å²) in [6.07, 6.45) is -1.89. The maximum absolute atomic E-state index is 13.2. The topological polar surface area (TPSA) is 41.1 Å². The van der Waals surface area contributed by atoms with Crippen molar-refractivity contribution in [1.82, 2.24) is 10.6 Å². The first-order valence-electron chi connectivity index (χ1n) is 11.6. The molecule has 2 saturated carbocycles. The minimum Gasteiger partial charge on any atom is -0.352 e. The Balaban J connectivity index is 1.71. The second-order valence-corrected chi connectivity index (χ2v) is 9.85. The molecule has 2 aliphatic rings. The summed E-state index contributed by atoms with van der Waals surface area (Å²) < 4.78 is 78.7. The summed E-state index contributed by atoms with van der Waals surface area (Å²) >= 11 is 0. The van der Waals surface area contributed by atoms with Crippen LogP contribution < -0.4 is 10.6 Å². The average Bonchev–Trinajstić information content (AvgIpc) is 3.16. The molecule has 1 aromatic rings. The number of carbonyl (C=O) groups excluding carboxylic acids is 1. The number of hydrogen-bond acceptors (Lipinski definition) is 2. The maximum Gasteiger partial charge on any atom is 0.416 e. The Kier molecular flexibility index (Phi) is 7.71. The summed E-state index contributed by atoms with van der Waals surface area (Å²) in [7, 11) is 0. The zero-order valence-corrected chi connectivity index (χ0v) is 19.0. The van der Waals surface area contributed by atoms with Crippen LogP contribution in [0.3, 0.4) is 0 Å². The molecule has 0 heterocycles. The third-order valence-corrected chi connectivity index (χ3v) is 7.28. The molecule has 0 saturated heterocycles. The zero-order chi connectivity index (χ0) is 24.4. The highest BCUT2D eigenvalue weighted by Gasteiger charge is 2.47. The molecule has 2 atom stereocenters. The van der Waals surface area contributed by atoms with E-state index >= 15 is 0 Å². The van der Waals surface area contributed by atoms with Crippen molar-refractivity contribution in [3.63, 3.8) is 0 Å². The fourth-order valence-corrected chi connectivity index (χ4v) is 5.29. The van der Waals surface area contributed by atoms with Crippen LogP contribution in [0.25, 0.3) is 0 Å². The minimum absolute atomic E-state index is 0.0112. The molecule has 1 amide bonds. The van der Waals surface area contributed by atoms with Crippen molar-refractivity contribution >= 4 is 5.91 Å². The van der Waals surface area contributed by atoms with Crippen molar-refractivity contribution in [1.29, 1.82) is 0 Å². The summed E-state index contributed by atoms with van der Waals surface area (Å²) in [6, 6.07) is 2.06. The van der Waals surface area contributed by atoms with Crippen LogP contribution in [0, 0.1) is 11.3 Å². The van der Waals surface area contributed by atoms with Gasteiger partial charge in [-0.1, -0.05) is 33.1 Å². The number of amides is 1. The highest BCUT2D eigenvalue weighted by Crippen LogP contribution is 2.45. The van der Waals surface area contributed by atoms with E-state index < -0.39 is 28.9 Å². The van der Waals surface area contributed by atoms with Gasteiger partial charge in [0.05, 0.1) is 16.5 Å². The SMILES string of the molecule is CC(C)C1(C(=O)NCc2cc(C(F)(F)F)cc(C(F)(F)F)c2)CCC(NC2CCCCC2)C1. The van der Waals surface area contributed by atoms with Gasteiger partial charge < -0.3 is 10.6 Å². The van der Waals surface area contributed by atoms with Gasteiger partial charge in [-0.15, -0.1) is 0 Å². The Morgan fingerprint density at radius 3 is 2.03 bits per heavy atom. The Morgan fingerprint density at radius 2 is 1.52 bits per heavy atom.